The molecule has 0 radical (unpaired) electrons. The summed E-state index contributed by atoms with van der Waals surface area (Å²) in [6.45, 7) is 0. The van der Waals surface area contributed by atoms with Crippen LogP contribution in [0.2, 0.25) is 0 Å². The van der Waals surface area contributed by atoms with E-state index in [-0.39, 0.29) is 17.7 Å². The van der Waals surface area contributed by atoms with Gasteiger partial charge in [-0.05, 0) is 68.4 Å². The van der Waals surface area contributed by atoms with Gasteiger partial charge in [0.25, 0.3) is 0 Å². The maximum absolute atomic E-state index is 14.7. The van der Waals surface area contributed by atoms with E-state index in [1.807, 2.05) is 97.2 Å². The Balaban J connectivity index is 1.41. The lowest BCUT2D eigenvalue weighted by Gasteiger charge is -2.52. The number of carbonyl (C=O) groups is 2. The first-order valence-electron chi connectivity index (χ1n) is 13.5. The molecule has 0 N–H and O–H groups in total. The SMILES string of the molecule is O=C1[C@@H]2C3c4ccccc4C(C=Nc4ccccc4I)(c4ccccc43)[C@@H]2C(=O)N1c1cccc2ccccc12. The van der Waals surface area contributed by atoms with Gasteiger partial charge in [-0.25, -0.2) is 4.90 Å². The molecule has 0 aromatic heterocycles. The summed E-state index contributed by atoms with van der Waals surface area (Å²) >= 11 is 2.30. The van der Waals surface area contributed by atoms with Crippen LogP contribution in [0.5, 0.6) is 0 Å². The molecule has 1 saturated heterocycles. The highest BCUT2D eigenvalue weighted by atomic mass is 127. The third-order valence-corrected chi connectivity index (χ3v) is 9.86. The summed E-state index contributed by atoms with van der Waals surface area (Å²) in [5, 5.41) is 1.90. The van der Waals surface area contributed by atoms with Crippen molar-refractivity contribution in [2.75, 3.05) is 4.90 Å². The number of benzene rings is 5. The molecule has 5 heteroatoms. The van der Waals surface area contributed by atoms with Crippen molar-refractivity contribution in [3.63, 3.8) is 0 Å². The molecule has 2 amide bonds. The minimum atomic E-state index is -0.877. The zero-order valence-corrected chi connectivity index (χ0v) is 23.5. The van der Waals surface area contributed by atoms with Crippen molar-refractivity contribution in [1.82, 2.24) is 0 Å². The highest BCUT2D eigenvalue weighted by molar-refractivity contribution is 14.1. The van der Waals surface area contributed by atoms with Gasteiger partial charge in [-0.1, -0.05) is 97.1 Å². The summed E-state index contributed by atoms with van der Waals surface area (Å²) in [5.41, 5.74) is 4.97. The van der Waals surface area contributed by atoms with Gasteiger partial charge in [-0.15, -0.1) is 0 Å². The van der Waals surface area contributed by atoms with Crippen molar-refractivity contribution >= 4 is 62.8 Å². The predicted molar refractivity (Wildman–Crippen MR) is 166 cm³/mol. The van der Waals surface area contributed by atoms with Crippen LogP contribution in [0.4, 0.5) is 11.4 Å². The molecule has 9 rings (SSSR count). The number of imide groups is 1. The maximum Gasteiger partial charge on any atom is 0.239 e. The number of anilines is 1. The van der Waals surface area contributed by atoms with Crippen LogP contribution in [0.1, 0.15) is 28.2 Å². The van der Waals surface area contributed by atoms with Crippen LogP contribution < -0.4 is 4.90 Å². The first kappa shape index (κ1) is 23.8. The number of fused-ring (bicyclic) bond motifs is 1. The summed E-state index contributed by atoms with van der Waals surface area (Å²) in [6.07, 6.45) is 1.97. The molecule has 1 fully saturated rings. The molecule has 3 aliphatic carbocycles. The largest absolute Gasteiger partial charge is 0.274 e. The van der Waals surface area contributed by atoms with Gasteiger partial charge >= 0.3 is 0 Å². The Morgan fingerprint density at radius 3 is 2.08 bits per heavy atom. The van der Waals surface area contributed by atoms with Gasteiger partial charge in [0.05, 0.1) is 28.6 Å². The quantitative estimate of drug-likeness (QED) is 0.119. The van der Waals surface area contributed by atoms with E-state index in [1.54, 1.807) is 0 Å². The highest BCUT2D eigenvalue weighted by Gasteiger charge is 2.68. The van der Waals surface area contributed by atoms with E-state index in [0.29, 0.717) is 5.69 Å². The number of nitrogens with zero attached hydrogens (tertiary/aromatic N) is 2. The molecule has 0 unspecified atom stereocenters. The number of hydrogen-bond acceptors (Lipinski definition) is 3. The molecule has 1 aliphatic heterocycles. The zero-order valence-electron chi connectivity index (χ0n) is 21.4. The average molecular weight is 630 g/mol. The number of amides is 2. The van der Waals surface area contributed by atoms with Crippen molar-refractivity contribution in [3.05, 3.63) is 141 Å². The summed E-state index contributed by atoms with van der Waals surface area (Å²) in [4.78, 5) is 35.8. The minimum Gasteiger partial charge on any atom is -0.274 e. The van der Waals surface area contributed by atoms with Crippen LogP contribution in [0, 0.1) is 15.4 Å². The Bertz CT molecular complexity index is 1860. The number of carbonyl (C=O) groups excluding carboxylic acids is 2. The molecule has 2 bridgehead atoms. The van der Waals surface area contributed by atoms with Gasteiger partial charge in [0, 0.05) is 21.1 Å². The predicted octanol–water partition coefficient (Wildman–Crippen LogP) is 7.40. The molecule has 1 heterocycles. The molecule has 5 aromatic rings. The van der Waals surface area contributed by atoms with Crippen molar-refractivity contribution in [2.45, 2.75) is 11.3 Å². The monoisotopic (exact) mass is 630 g/mol. The van der Waals surface area contributed by atoms with Gasteiger partial charge in [0.1, 0.15) is 0 Å². The normalized spacial score (nSPS) is 24.4. The van der Waals surface area contributed by atoms with Crippen molar-refractivity contribution < 1.29 is 9.59 Å². The van der Waals surface area contributed by atoms with Gasteiger partial charge in [-0.2, -0.15) is 0 Å². The molecule has 40 heavy (non-hydrogen) atoms. The Hall–Kier alpha value is -4.10. The topological polar surface area (TPSA) is 49.7 Å². The fourth-order valence-electron chi connectivity index (χ4n) is 7.42. The lowest BCUT2D eigenvalue weighted by Crippen LogP contribution is -2.54. The van der Waals surface area contributed by atoms with E-state index in [0.717, 1.165) is 42.3 Å². The molecular weight excluding hydrogens is 607 g/mol. The van der Waals surface area contributed by atoms with Crippen LogP contribution in [0.25, 0.3) is 10.8 Å². The van der Waals surface area contributed by atoms with Gasteiger partial charge in [0.2, 0.25) is 11.8 Å². The Morgan fingerprint density at radius 1 is 0.700 bits per heavy atom. The lowest BCUT2D eigenvalue weighted by atomic mass is 9.47. The summed E-state index contributed by atoms with van der Waals surface area (Å²) < 4.78 is 1.03. The van der Waals surface area contributed by atoms with E-state index in [2.05, 4.69) is 46.9 Å². The summed E-state index contributed by atoms with van der Waals surface area (Å²) in [5.74, 6) is -1.60. The average Bonchev–Trinajstić information content (AvgIpc) is 3.27. The summed E-state index contributed by atoms with van der Waals surface area (Å²) in [6, 6.07) is 38.4. The van der Waals surface area contributed by atoms with Crippen LogP contribution in [-0.2, 0) is 15.0 Å². The van der Waals surface area contributed by atoms with Gasteiger partial charge < -0.3 is 0 Å². The third kappa shape index (κ3) is 3.04. The number of hydrogen-bond donors (Lipinski definition) is 0. The van der Waals surface area contributed by atoms with Gasteiger partial charge in [-0.3, -0.25) is 14.6 Å². The molecule has 4 nitrogen and oxygen atoms in total. The fraction of sp³-hybridized carbons (Fsp3) is 0.114. The Labute approximate surface area is 245 Å². The molecular formula is C35H23IN2O2. The van der Waals surface area contributed by atoms with Crippen LogP contribution in [-0.4, -0.2) is 18.0 Å². The van der Waals surface area contributed by atoms with E-state index >= 15 is 0 Å². The molecule has 0 spiro atoms. The molecule has 2 atom stereocenters. The van der Waals surface area contributed by atoms with Crippen molar-refractivity contribution in [1.29, 1.82) is 0 Å². The number of aliphatic imine (C=N–C) groups is 1. The second-order valence-corrected chi connectivity index (χ2v) is 11.9. The van der Waals surface area contributed by atoms with Gasteiger partial charge in [0.15, 0.2) is 0 Å². The Kier molecular flexibility index (Phi) is 5.17. The third-order valence-electron chi connectivity index (χ3n) is 8.95. The van der Waals surface area contributed by atoms with Crippen LogP contribution >= 0.6 is 22.6 Å². The Morgan fingerprint density at radius 2 is 1.32 bits per heavy atom. The van der Waals surface area contributed by atoms with Crippen LogP contribution in [0.15, 0.2) is 120 Å². The molecule has 0 saturated carbocycles. The van der Waals surface area contributed by atoms with Crippen LogP contribution in [0.3, 0.4) is 0 Å². The second kappa shape index (κ2) is 8.70. The molecule has 192 valence electrons. The second-order valence-electron chi connectivity index (χ2n) is 10.7. The number of halogens is 1. The van der Waals surface area contributed by atoms with Crippen molar-refractivity contribution in [2.24, 2.45) is 16.8 Å². The summed E-state index contributed by atoms with van der Waals surface area (Å²) in [7, 11) is 0. The molecule has 4 aliphatic rings. The highest BCUT2D eigenvalue weighted by Crippen LogP contribution is 2.64. The smallest absolute Gasteiger partial charge is 0.239 e. The van der Waals surface area contributed by atoms with E-state index in [9.17, 15) is 9.59 Å². The standard InChI is InChI=1S/C35H23IN2O2/c36-27-17-7-8-18-28(27)37-20-35-25-15-5-3-13-23(25)30(24-14-4-6-16-26(24)35)31-32(35)34(40)38(33(31)39)29-19-9-11-21-10-1-2-12-22(21)29/h1-20,30-32H/t30?,31-,32+,35?/m1/s1. The fourth-order valence-corrected chi connectivity index (χ4v) is 7.94. The maximum atomic E-state index is 14.7. The van der Waals surface area contributed by atoms with E-state index in [4.69, 9.17) is 4.99 Å². The zero-order chi connectivity index (χ0) is 27.0. The lowest BCUT2D eigenvalue weighted by molar-refractivity contribution is -0.122. The number of para-hydroxylation sites is 1. The first-order chi connectivity index (χ1) is 19.6. The van der Waals surface area contributed by atoms with Crippen molar-refractivity contribution in [3.8, 4) is 0 Å². The number of rotatable bonds is 3. The first-order valence-corrected chi connectivity index (χ1v) is 14.5. The van der Waals surface area contributed by atoms with E-state index < -0.39 is 17.3 Å². The molecule has 5 aromatic carbocycles. The van der Waals surface area contributed by atoms with E-state index in [1.165, 1.54) is 4.90 Å². The minimum absolute atomic E-state index is 0.132.